The van der Waals surface area contributed by atoms with Gasteiger partial charge in [-0.15, -0.1) is 0 Å². The molecule has 23 heavy (non-hydrogen) atoms. The number of piperazine rings is 1. The first-order valence-electron chi connectivity index (χ1n) is 7.98. The Morgan fingerprint density at radius 1 is 1.35 bits per heavy atom. The van der Waals surface area contributed by atoms with Gasteiger partial charge < -0.3 is 19.7 Å². The summed E-state index contributed by atoms with van der Waals surface area (Å²) in [6.45, 7) is 6.03. The number of hydrogen-bond acceptors (Lipinski definition) is 5. The van der Waals surface area contributed by atoms with Gasteiger partial charge in [0.15, 0.2) is 0 Å². The number of nitrogens with one attached hydrogen (secondary N) is 1. The van der Waals surface area contributed by atoms with E-state index in [0.717, 1.165) is 30.2 Å². The summed E-state index contributed by atoms with van der Waals surface area (Å²) in [5.74, 6) is 0. The number of fused-ring (bicyclic) bond motifs is 1. The van der Waals surface area contributed by atoms with Gasteiger partial charge in [-0.25, -0.2) is 0 Å². The zero-order valence-electron chi connectivity index (χ0n) is 14.1. The maximum absolute atomic E-state index is 12.4. The fourth-order valence-electron chi connectivity index (χ4n) is 3.40. The molecule has 3 atom stereocenters. The first kappa shape index (κ1) is 15.6. The Morgan fingerprint density at radius 3 is 2.78 bits per heavy atom. The van der Waals surface area contributed by atoms with Gasteiger partial charge in [0, 0.05) is 45.3 Å². The second kappa shape index (κ2) is 5.74. The number of aromatic nitrogens is 1. The highest BCUT2D eigenvalue weighted by Crippen LogP contribution is 2.37. The minimum Gasteiger partial charge on any atom is -0.364 e. The SMILES string of the molecule is C[C@@H]1CN(c2cc(=O)n(C)c3c2N(C)C(C#N)C=C3)[C@@H](C)CN1. The van der Waals surface area contributed by atoms with E-state index in [9.17, 15) is 10.1 Å². The molecule has 1 aromatic heterocycles. The Hall–Kier alpha value is -2.26. The molecule has 1 saturated heterocycles. The number of anilines is 2. The van der Waals surface area contributed by atoms with Gasteiger partial charge >= 0.3 is 0 Å². The summed E-state index contributed by atoms with van der Waals surface area (Å²) in [5, 5.41) is 12.8. The molecule has 1 fully saturated rings. The number of nitrogens with zero attached hydrogens (tertiary/aromatic N) is 4. The Kier molecular flexibility index (Phi) is 3.90. The largest absolute Gasteiger partial charge is 0.364 e. The van der Waals surface area contributed by atoms with Crippen LogP contribution >= 0.6 is 0 Å². The maximum Gasteiger partial charge on any atom is 0.252 e. The number of nitriles is 1. The van der Waals surface area contributed by atoms with Crippen molar-refractivity contribution in [1.29, 1.82) is 5.26 Å². The Morgan fingerprint density at radius 2 is 2.09 bits per heavy atom. The van der Waals surface area contributed by atoms with Crippen LogP contribution < -0.4 is 20.7 Å². The van der Waals surface area contributed by atoms with Crippen molar-refractivity contribution < 1.29 is 0 Å². The summed E-state index contributed by atoms with van der Waals surface area (Å²) in [7, 11) is 3.69. The number of likely N-dealkylation sites (N-methyl/N-ethyl adjacent to an activating group) is 1. The van der Waals surface area contributed by atoms with E-state index in [2.05, 4.69) is 30.1 Å². The lowest BCUT2D eigenvalue weighted by Crippen LogP contribution is -2.55. The maximum atomic E-state index is 12.4. The van der Waals surface area contributed by atoms with Crippen molar-refractivity contribution in [2.75, 3.05) is 29.9 Å². The first-order chi connectivity index (χ1) is 10.9. The standard InChI is InChI=1S/C17H23N5O/c1-11-10-22(12(2)9-19-11)15-7-16(23)21(4)14-6-5-13(8-18)20(3)17(14)15/h5-7,11-13,19H,9-10H2,1-4H3/t11-,12+,13?/m1/s1. The summed E-state index contributed by atoms with van der Waals surface area (Å²) in [6.07, 6.45) is 3.74. The van der Waals surface area contributed by atoms with E-state index >= 15 is 0 Å². The molecular weight excluding hydrogens is 290 g/mol. The van der Waals surface area contributed by atoms with E-state index in [1.807, 2.05) is 24.1 Å². The van der Waals surface area contributed by atoms with Crippen LogP contribution in [0.15, 0.2) is 16.9 Å². The molecule has 0 radical (unpaired) electrons. The fraction of sp³-hybridized carbons (Fsp3) is 0.529. The molecule has 0 saturated carbocycles. The normalized spacial score (nSPS) is 26.8. The van der Waals surface area contributed by atoms with E-state index in [1.54, 1.807) is 17.7 Å². The van der Waals surface area contributed by atoms with Crippen LogP contribution in [-0.2, 0) is 7.05 Å². The summed E-state index contributed by atoms with van der Waals surface area (Å²) >= 11 is 0. The molecule has 1 N–H and O–H groups in total. The summed E-state index contributed by atoms with van der Waals surface area (Å²) in [6, 6.07) is 4.35. The highest BCUT2D eigenvalue weighted by Gasteiger charge is 2.30. The molecular formula is C17H23N5O. The van der Waals surface area contributed by atoms with E-state index in [1.165, 1.54) is 0 Å². The van der Waals surface area contributed by atoms with Gasteiger partial charge in [0.25, 0.3) is 5.56 Å². The van der Waals surface area contributed by atoms with Crippen LogP contribution in [0, 0.1) is 11.3 Å². The topological polar surface area (TPSA) is 64.3 Å². The second-order valence-electron chi connectivity index (χ2n) is 6.52. The predicted molar refractivity (Wildman–Crippen MR) is 92.8 cm³/mol. The van der Waals surface area contributed by atoms with Crippen molar-refractivity contribution in [3.05, 3.63) is 28.2 Å². The molecule has 0 bridgehead atoms. The Bertz CT molecular complexity index is 745. The highest BCUT2D eigenvalue weighted by atomic mass is 16.1. The van der Waals surface area contributed by atoms with E-state index < -0.39 is 0 Å². The molecule has 0 aromatic carbocycles. The van der Waals surface area contributed by atoms with Crippen molar-refractivity contribution in [3.8, 4) is 6.07 Å². The zero-order chi connectivity index (χ0) is 16.7. The number of hydrogen-bond donors (Lipinski definition) is 1. The van der Waals surface area contributed by atoms with Crippen LogP contribution in [0.5, 0.6) is 0 Å². The second-order valence-corrected chi connectivity index (χ2v) is 6.52. The van der Waals surface area contributed by atoms with Gasteiger partial charge in [-0.2, -0.15) is 5.26 Å². The third kappa shape index (κ3) is 2.51. The predicted octanol–water partition coefficient (Wildman–Crippen LogP) is 0.927. The van der Waals surface area contributed by atoms with Crippen LogP contribution in [0.3, 0.4) is 0 Å². The van der Waals surface area contributed by atoms with Crippen LogP contribution in [0.4, 0.5) is 11.4 Å². The zero-order valence-corrected chi connectivity index (χ0v) is 14.1. The fourth-order valence-corrected chi connectivity index (χ4v) is 3.40. The van der Waals surface area contributed by atoms with E-state index in [0.29, 0.717) is 12.1 Å². The number of rotatable bonds is 1. The molecule has 3 heterocycles. The van der Waals surface area contributed by atoms with Gasteiger partial charge in [0.2, 0.25) is 0 Å². The molecule has 122 valence electrons. The molecule has 2 aliphatic heterocycles. The smallest absolute Gasteiger partial charge is 0.252 e. The summed E-state index contributed by atoms with van der Waals surface area (Å²) < 4.78 is 1.65. The van der Waals surface area contributed by atoms with Gasteiger partial charge in [0.1, 0.15) is 6.04 Å². The average Bonchev–Trinajstić information content (AvgIpc) is 2.53. The Labute approximate surface area is 136 Å². The molecule has 1 unspecified atom stereocenters. The molecule has 0 amide bonds. The molecule has 0 aliphatic carbocycles. The minimum absolute atomic E-state index is 0.0226. The minimum atomic E-state index is -0.311. The Balaban J connectivity index is 2.19. The monoisotopic (exact) mass is 313 g/mol. The lowest BCUT2D eigenvalue weighted by atomic mass is 10.0. The van der Waals surface area contributed by atoms with Crippen molar-refractivity contribution >= 4 is 17.5 Å². The van der Waals surface area contributed by atoms with Crippen molar-refractivity contribution in [1.82, 2.24) is 9.88 Å². The third-order valence-electron chi connectivity index (χ3n) is 4.85. The van der Waals surface area contributed by atoms with Crippen molar-refractivity contribution in [2.24, 2.45) is 7.05 Å². The van der Waals surface area contributed by atoms with Crippen LogP contribution in [0.2, 0.25) is 0 Å². The third-order valence-corrected chi connectivity index (χ3v) is 4.85. The first-order valence-corrected chi connectivity index (χ1v) is 7.98. The summed E-state index contributed by atoms with van der Waals surface area (Å²) in [4.78, 5) is 16.6. The van der Waals surface area contributed by atoms with Crippen LogP contribution in [0.1, 0.15) is 19.5 Å². The summed E-state index contributed by atoms with van der Waals surface area (Å²) in [5.41, 5.74) is 2.73. The van der Waals surface area contributed by atoms with Gasteiger partial charge in [-0.3, -0.25) is 4.79 Å². The van der Waals surface area contributed by atoms with Gasteiger partial charge in [-0.05, 0) is 26.0 Å². The van der Waals surface area contributed by atoms with Gasteiger partial charge in [-0.1, -0.05) is 0 Å². The average molecular weight is 313 g/mol. The van der Waals surface area contributed by atoms with E-state index in [4.69, 9.17) is 0 Å². The quantitative estimate of drug-likeness (QED) is 0.835. The van der Waals surface area contributed by atoms with E-state index in [-0.39, 0.29) is 11.6 Å². The lowest BCUT2D eigenvalue weighted by molar-refractivity contribution is 0.425. The highest BCUT2D eigenvalue weighted by molar-refractivity contribution is 5.83. The molecule has 6 heteroatoms. The van der Waals surface area contributed by atoms with Gasteiger partial charge in [0.05, 0.1) is 23.1 Å². The van der Waals surface area contributed by atoms with Crippen LogP contribution in [0.25, 0.3) is 6.08 Å². The molecule has 2 aliphatic rings. The van der Waals surface area contributed by atoms with Crippen LogP contribution in [-0.4, -0.2) is 42.8 Å². The molecule has 3 rings (SSSR count). The van der Waals surface area contributed by atoms with Crippen molar-refractivity contribution in [2.45, 2.75) is 32.0 Å². The number of pyridine rings is 1. The molecule has 1 aromatic rings. The lowest BCUT2D eigenvalue weighted by Gasteiger charge is -2.42. The molecule has 0 spiro atoms. The van der Waals surface area contributed by atoms with Crippen molar-refractivity contribution in [3.63, 3.8) is 0 Å². The molecule has 6 nitrogen and oxygen atoms in total.